The summed E-state index contributed by atoms with van der Waals surface area (Å²) in [5.41, 5.74) is 7.58. The second kappa shape index (κ2) is 6.89. The van der Waals surface area contributed by atoms with E-state index in [4.69, 9.17) is 10.5 Å². The number of nitrogen functional groups attached to an aromatic ring is 1. The smallest absolute Gasteiger partial charge is 0.258 e. The number of nitrogens with two attached hydrogens (primary N) is 1. The van der Waals surface area contributed by atoms with E-state index in [1.165, 1.54) is 0 Å². The first-order valence-corrected chi connectivity index (χ1v) is 6.37. The summed E-state index contributed by atoms with van der Waals surface area (Å²) in [5, 5.41) is 2.84. The summed E-state index contributed by atoms with van der Waals surface area (Å²) in [4.78, 5) is 11.5. The van der Waals surface area contributed by atoms with Gasteiger partial charge in [-0.1, -0.05) is 19.9 Å². The maximum atomic E-state index is 11.5. The molecule has 1 atom stereocenters. The third kappa shape index (κ3) is 4.28. The maximum absolute atomic E-state index is 11.5. The van der Waals surface area contributed by atoms with Gasteiger partial charge in [0.15, 0.2) is 6.61 Å². The summed E-state index contributed by atoms with van der Waals surface area (Å²) < 4.78 is 5.41. The molecule has 4 nitrogen and oxygen atoms in total. The Morgan fingerprint density at radius 2 is 2.17 bits per heavy atom. The van der Waals surface area contributed by atoms with Crippen LogP contribution in [0.5, 0.6) is 5.75 Å². The Morgan fingerprint density at radius 3 is 2.72 bits per heavy atom. The van der Waals surface area contributed by atoms with Crippen molar-refractivity contribution in [3.8, 4) is 5.75 Å². The van der Waals surface area contributed by atoms with Crippen molar-refractivity contribution in [1.82, 2.24) is 5.32 Å². The summed E-state index contributed by atoms with van der Waals surface area (Å²) in [6.07, 6.45) is 1.83. The molecule has 0 aliphatic rings. The van der Waals surface area contributed by atoms with Gasteiger partial charge in [-0.25, -0.2) is 0 Å². The molecule has 1 amide bonds. The van der Waals surface area contributed by atoms with Crippen molar-refractivity contribution in [2.75, 3.05) is 12.3 Å². The Hall–Kier alpha value is -1.71. The highest BCUT2D eigenvalue weighted by atomic mass is 16.5. The van der Waals surface area contributed by atoms with Crippen LogP contribution in [-0.4, -0.2) is 18.6 Å². The van der Waals surface area contributed by atoms with E-state index in [-0.39, 0.29) is 18.6 Å². The van der Waals surface area contributed by atoms with Crippen LogP contribution in [0.1, 0.15) is 32.8 Å². The highest BCUT2D eigenvalue weighted by molar-refractivity contribution is 5.78. The molecule has 0 saturated carbocycles. The van der Waals surface area contributed by atoms with Crippen LogP contribution in [0.2, 0.25) is 0 Å². The van der Waals surface area contributed by atoms with E-state index >= 15 is 0 Å². The first-order chi connectivity index (χ1) is 8.56. The molecule has 1 unspecified atom stereocenters. The van der Waals surface area contributed by atoms with Crippen molar-refractivity contribution in [2.45, 2.75) is 39.7 Å². The number of anilines is 1. The fraction of sp³-hybridized carbons (Fsp3) is 0.500. The summed E-state index contributed by atoms with van der Waals surface area (Å²) in [6, 6.07) is 5.81. The number of aryl methyl sites for hydroxylation is 1. The van der Waals surface area contributed by atoms with Gasteiger partial charge in [0.2, 0.25) is 0 Å². The van der Waals surface area contributed by atoms with Crippen LogP contribution in [0.3, 0.4) is 0 Å². The fourth-order valence-corrected chi connectivity index (χ4v) is 1.51. The second-order valence-corrected chi connectivity index (χ2v) is 4.39. The summed E-state index contributed by atoms with van der Waals surface area (Å²) in [7, 11) is 0. The fourth-order valence-electron chi connectivity index (χ4n) is 1.51. The van der Waals surface area contributed by atoms with Crippen molar-refractivity contribution < 1.29 is 9.53 Å². The van der Waals surface area contributed by atoms with Crippen molar-refractivity contribution in [3.63, 3.8) is 0 Å². The monoisotopic (exact) mass is 250 g/mol. The average Bonchev–Trinajstić information content (AvgIpc) is 2.36. The van der Waals surface area contributed by atoms with Gasteiger partial charge in [0.1, 0.15) is 5.75 Å². The highest BCUT2D eigenvalue weighted by Gasteiger charge is 2.08. The molecule has 0 aliphatic heterocycles. The molecular weight excluding hydrogens is 228 g/mol. The second-order valence-electron chi connectivity index (χ2n) is 4.39. The standard InChI is InChI=1S/C14H22N2O2/c1-4-10(3)16-14(17)9-18-13-7-6-11(5-2)8-12(13)15/h6-8,10H,4-5,9,15H2,1-3H3,(H,16,17). The van der Waals surface area contributed by atoms with Crippen molar-refractivity contribution in [2.24, 2.45) is 0 Å². The van der Waals surface area contributed by atoms with E-state index in [9.17, 15) is 4.79 Å². The van der Waals surface area contributed by atoms with E-state index in [0.29, 0.717) is 11.4 Å². The van der Waals surface area contributed by atoms with Crippen LogP contribution < -0.4 is 15.8 Å². The van der Waals surface area contributed by atoms with E-state index in [1.54, 1.807) is 0 Å². The van der Waals surface area contributed by atoms with Crippen LogP contribution in [0.25, 0.3) is 0 Å². The van der Waals surface area contributed by atoms with Crippen LogP contribution >= 0.6 is 0 Å². The maximum Gasteiger partial charge on any atom is 0.258 e. The number of amides is 1. The SMILES string of the molecule is CCc1ccc(OCC(=O)NC(C)CC)c(N)c1. The van der Waals surface area contributed by atoms with Crippen molar-refractivity contribution in [3.05, 3.63) is 23.8 Å². The molecular formula is C14H22N2O2. The normalized spacial score (nSPS) is 11.9. The number of benzene rings is 1. The predicted octanol–water partition coefficient (Wildman–Crippen LogP) is 2.12. The lowest BCUT2D eigenvalue weighted by molar-refractivity contribution is -0.123. The molecule has 0 saturated heterocycles. The number of rotatable bonds is 6. The molecule has 100 valence electrons. The van der Waals surface area contributed by atoms with Crippen LogP contribution in [0.4, 0.5) is 5.69 Å². The minimum Gasteiger partial charge on any atom is -0.482 e. The largest absolute Gasteiger partial charge is 0.482 e. The molecule has 0 spiro atoms. The molecule has 1 aromatic carbocycles. The molecule has 4 heteroatoms. The van der Waals surface area contributed by atoms with Gasteiger partial charge in [-0.2, -0.15) is 0 Å². The summed E-state index contributed by atoms with van der Waals surface area (Å²) in [5.74, 6) is 0.440. The topological polar surface area (TPSA) is 64.3 Å². The molecule has 0 heterocycles. The van der Waals surface area contributed by atoms with Gasteiger partial charge in [0.05, 0.1) is 5.69 Å². The molecule has 3 N–H and O–H groups in total. The van der Waals surface area contributed by atoms with Gasteiger partial charge in [0, 0.05) is 6.04 Å². The molecule has 0 aliphatic carbocycles. The Morgan fingerprint density at radius 1 is 1.44 bits per heavy atom. The zero-order valence-electron chi connectivity index (χ0n) is 11.3. The minimum absolute atomic E-state index is 0.0000116. The Balaban J connectivity index is 2.51. The molecule has 0 radical (unpaired) electrons. The van der Waals surface area contributed by atoms with E-state index < -0.39 is 0 Å². The summed E-state index contributed by atoms with van der Waals surface area (Å²) >= 11 is 0. The highest BCUT2D eigenvalue weighted by Crippen LogP contribution is 2.22. The Bertz CT molecular complexity index is 405. The lowest BCUT2D eigenvalue weighted by Gasteiger charge is -2.13. The quantitative estimate of drug-likeness (QED) is 0.760. The predicted molar refractivity (Wildman–Crippen MR) is 73.6 cm³/mol. The van der Waals surface area contributed by atoms with Gasteiger partial charge < -0.3 is 15.8 Å². The minimum atomic E-state index is -0.122. The molecule has 0 bridgehead atoms. The zero-order valence-corrected chi connectivity index (χ0v) is 11.3. The molecule has 0 fully saturated rings. The third-order valence-electron chi connectivity index (χ3n) is 2.86. The van der Waals surface area contributed by atoms with Gasteiger partial charge in [-0.3, -0.25) is 4.79 Å². The lowest BCUT2D eigenvalue weighted by Crippen LogP contribution is -2.35. The molecule has 1 aromatic rings. The van der Waals surface area contributed by atoms with Crippen molar-refractivity contribution >= 4 is 11.6 Å². The van der Waals surface area contributed by atoms with E-state index in [0.717, 1.165) is 18.4 Å². The summed E-state index contributed by atoms with van der Waals surface area (Å²) in [6.45, 7) is 6.05. The Labute approximate surface area is 109 Å². The number of hydrogen-bond acceptors (Lipinski definition) is 3. The number of nitrogens with one attached hydrogen (secondary N) is 1. The third-order valence-corrected chi connectivity index (χ3v) is 2.86. The van der Waals surface area contributed by atoms with Crippen LogP contribution in [0.15, 0.2) is 18.2 Å². The first-order valence-electron chi connectivity index (χ1n) is 6.37. The number of hydrogen-bond donors (Lipinski definition) is 2. The average molecular weight is 250 g/mol. The van der Waals surface area contributed by atoms with Gasteiger partial charge in [0.25, 0.3) is 5.91 Å². The van der Waals surface area contributed by atoms with Gasteiger partial charge >= 0.3 is 0 Å². The van der Waals surface area contributed by atoms with Gasteiger partial charge in [-0.05, 0) is 37.5 Å². The Kier molecular flexibility index (Phi) is 5.49. The van der Waals surface area contributed by atoms with Crippen LogP contribution in [0, 0.1) is 0 Å². The first kappa shape index (κ1) is 14.4. The zero-order chi connectivity index (χ0) is 13.5. The van der Waals surface area contributed by atoms with Crippen molar-refractivity contribution in [1.29, 1.82) is 0 Å². The number of carbonyl (C=O) groups is 1. The lowest BCUT2D eigenvalue weighted by atomic mass is 10.1. The van der Waals surface area contributed by atoms with E-state index in [1.807, 2.05) is 32.0 Å². The number of carbonyl (C=O) groups excluding carboxylic acids is 1. The molecule has 18 heavy (non-hydrogen) atoms. The van der Waals surface area contributed by atoms with Crippen LogP contribution in [-0.2, 0) is 11.2 Å². The van der Waals surface area contributed by atoms with Gasteiger partial charge in [-0.15, -0.1) is 0 Å². The molecule has 0 aromatic heterocycles. The van der Waals surface area contributed by atoms with E-state index in [2.05, 4.69) is 12.2 Å². The molecule has 1 rings (SSSR count). The number of ether oxygens (including phenoxy) is 1.